The molecule has 3 heteroatoms. The van der Waals surface area contributed by atoms with Crippen molar-refractivity contribution < 1.29 is 4.42 Å². The summed E-state index contributed by atoms with van der Waals surface area (Å²) in [7, 11) is 0. The Bertz CT molecular complexity index is 3260. The first kappa shape index (κ1) is 32.8. The van der Waals surface area contributed by atoms with Gasteiger partial charge in [-0.3, -0.25) is 0 Å². The maximum Gasteiger partial charge on any atom is 0.137 e. The fourth-order valence-electron chi connectivity index (χ4n) is 8.43. The van der Waals surface area contributed by atoms with Gasteiger partial charge in [-0.1, -0.05) is 146 Å². The molecule has 11 rings (SSSR count). The molecule has 268 valence electrons. The Hall–Kier alpha value is -7.62. The Balaban J connectivity index is 1.28. The van der Waals surface area contributed by atoms with E-state index in [9.17, 15) is 0 Å². The number of para-hydroxylation sites is 1. The monoisotopic (exact) mass is 728 g/mol. The summed E-state index contributed by atoms with van der Waals surface area (Å²) in [5.74, 6) is 0. The van der Waals surface area contributed by atoms with Gasteiger partial charge in [-0.05, 0) is 116 Å². The van der Waals surface area contributed by atoms with Gasteiger partial charge in [-0.2, -0.15) is 0 Å². The first-order chi connectivity index (χ1) is 28.2. The van der Waals surface area contributed by atoms with Crippen LogP contribution in [0.1, 0.15) is 0 Å². The van der Waals surface area contributed by atoms with Gasteiger partial charge in [0.15, 0.2) is 0 Å². The molecule has 0 saturated heterocycles. The van der Waals surface area contributed by atoms with Gasteiger partial charge in [-0.25, -0.2) is 0 Å². The van der Waals surface area contributed by atoms with Crippen molar-refractivity contribution in [2.24, 2.45) is 0 Å². The van der Waals surface area contributed by atoms with Crippen LogP contribution in [0.15, 0.2) is 223 Å². The van der Waals surface area contributed by atoms with Crippen molar-refractivity contribution in [1.29, 1.82) is 0 Å². The summed E-state index contributed by atoms with van der Waals surface area (Å²) in [5, 5.41) is 9.19. The van der Waals surface area contributed by atoms with E-state index in [1.807, 2.05) is 0 Å². The molecular weight excluding hydrogens is 693 g/mol. The van der Waals surface area contributed by atoms with Crippen molar-refractivity contribution in [1.82, 2.24) is 0 Å². The molecule has 11 aromatic rings. The lowest BCUT2D eigenvalue weighted by Crippen LogP contribution is -2.17. The summed E-state index contributed by atoms with van der Waals surface area (Å²) in [6.07, 6.45) is 0. The fourth-order valence-corrected chi connectivity index (χ4v) is 8.43. The molecule has 0 spiro atoms. The average Bonchev–Trinajstić information content (AvgIpc) is 3.64. The summed E-state index contributed by atoms with van der Waals surface area (Å²) >= 11 is 0. The minimum Gasteiger partial charge on any atom is -0.456 e. The zero-order valence-corrected chi connectivity index (χ0v) is 31.1. The number of furan rings is 1. The van der Waals surface area contributed by atoms with E-state index in [2.05, 4.69) is 228 Å². The molecule has 0 bridgehead atoms. The number of benzene rings is 10. The van der Waals surface area contributed by atoms with Crippen LogP contribution in [0, 0.1) is 0 Å². The maximum absolute atomic E-state index is 6.83. The lowest BCUT2D eigenvalue weighted by atomic mass is 10.0. The summed E-state index contributed by atoms with van der Waals surface area (Å²) in [6.45, 7) is 0. The van der Waals surface area contributed by atoms with Crippen molar-refractivity contribution in [2.75, 3.05) is 9.80 Å². The molecule has 0 radical (unpaired) electrons. The van der Waals surface area contributed by atoms with Crippen LogP contribution in [0.2, 0.25) is 0 Å². The van der Waals surface area contributed by atoms with E-state index in [4.69, 9.17) is 4.42 Å². The molecule has 0 aliphatic heterocycles. The maximum atomic E-state index is 6.83. The smallest absolute Gasteiger partial charge is 0.137 e. The second-order valence-corrected chi connectivity index (χ2v) is 14.6. The standard InChI is InChI=1S/C54H36N2O/c1-3-14-37(15-4-1)42-22-13-25-46(32-42)55(47-28-26-38-16-7-9-18-40(38)33-47)50-30-31-51-53(49-35-43-20-11-12-21-44(43)36-52(49)57-51)54(50)56(45-23-5-2-6-24-45)48-29-27-39-17-8-10-19-41(39)34-48/h1-36H. The number of rotatable bonds is 7. The van der Waals surface area contributed by atoms with Crippen molar-refractivity contribution in [3.63, 3.8) is 0 Å². The third-order valence-corrected chi connectivity index (χ3v) is 11.1. The third kappa shape index (κ3) is 5.76. The molecule has 1 heterocycles. The molecule has 0 saturated carbocycles. The van der Waals surface area contributed by atoms with Crippen molar-refractivity contribution in [3.8, 4) is 11.1 Å². The minimum absolute atomic E-state index is 0.831. The van der Waals surface area contributed by atoms with Crippen LogP contribution >= 0.6 is 0 Å². The van der Waals surface area contributed by atoms with Gasteiger partial charge in [0.05, 0.1) is 16.8 Å². The Labute approximate surface area is 330 Å². The Morgan fingerprint density at radius 2 is 0.807 bits per heavy atom. The molecular formula is C54H36N2O. The molecule has 0 fully saturated rings. The number of anilines is 6. The van der Waals surface area contributed by atoms with Crippen LogP contribution in [0.5, 0.6) is 0 Å². The average molecular weight is 729 g/mol. The van der Waals surface area contributed by atoms with Crippen LogP contribution in [0.4, 0.5) is 34.1 Å². The number of fused-ring (bicyclic) bond motifs is 6. The van der Waals surface area contributed by atoms with Crippen LogP contribution in [0.3, 0.4) is 0 Å². The lowest BCUT2D eigenvalue weighted by Gasteiger charge is -2.34. The van der Waals surface area contributed by atoms with Crippen LogP contribution < -0.4 is 9.80 Å². The molecule has 0 aliphatic rings. The highest BCUT2D eigenvalue weighted by atomic mass is 16.3. The Morgan fingerprint density at radius 1 is 0.298 bits per heavy atom. The minimum atomic E-state index is 0.831. The van der Waals surface area contributed by atoms with Crippen LogP contribution in [0.25, 0.3) is 65.4 Å². The van der Waals surface area contributed by atoms with E-state index in [1.165, 1.54) is 32.5 Å². The zero-order valence-electron chi connectivity index (χ0n) is 31.1. The highest BCUT2D eigenvalue weighted by Gasteiger charge is 2.28. The van der Waals surface area contributed by atoms with E-state index < -0.39 is 0 Å². The van der Waals surface area contributed by atoms with Crippen molar-refractivity contribution in [2.45, 2.75) is 0 Å². The summed E-state index contributed by atoms with van der Waals surface area (Å²) in [6, 6.07) is 78.4. The molecule has 57 heavy (non-hydrogen) atoms. The summed E-state index contributed by atoms with van der Waals surface area (Å²) < 4.78 is 6.83. The molecule has 0 atom stereocenters. The van der Waals surface area contributed by atoms with E-state index in [-0.39, 0.29) is 0 Å². The zero-order chi connectivity index (χ0) is 37.7. The summed E-state index contributed by atoms with van der Waals surface area (Å²) in [4.78, 5) is 4.84. The van der Waals surface area contributed by atoms with Gasteiger partial charge in [0.2, 0.25) is 0 Å². The Kier molecular flexibility index (Phi) is 7.82. The molecule has 10 aromatic carbocycles. The molecule has 0 aliphatic carbocycles. The van der Waals surface area contributed by atoms with Gasteiger partial charge >= 0.3 is 0 Å². The SMILES string of the molecule is c1ccc(-c2cccc(N(c3ccc4ccccc4c3)c3ccc4oc5cc6ccccc6cc5c4c3N(c3ccccc3)c3ccc4ccccc4c3)c2)cc1. The topological polar surface area (TPSA) is 19.6 Å². The van der Waals surface area contributed by atoms with E-state index in [1.54, 1.807) is 0 Å². The quantitative estimate of drug-likeness (QED) is 0.163. The normalized spacial score (nSPS) is 11.5. The summed E-state index contributed by atoms with van der Waals surface area (Å²) in [5.41, 5.74) is 10.3. The number of hydrogen-bond donors (Lipinski definition) is 0. The van der Waals surface area contributed by atoms with E-state index in [0.717, 1.165) is 67.0 Å². The van der Waals surface area contributed by atoms with Crippen LogP contribution in [-0.4, -0.2) is 0 Å². The third-order valence-electron chi connectivity index (χ3n) is 11.1. The first-order valence-corrected chi connectivity index (χ1v) is 19.4. The predicted molar refractivity (Wildman–Crippen MR) is 241 cm³/mol. The molecule has 0 amide bonds. The lowest BCUT2D eigenvalue weighted by molar-refractivity contribution is 0.669. The van der Waals surface area contributed by atoms with E-state index >= 15 is 0 Å². The fraction of sp³-hybridized carbons (Fsp3) is 0. The first-order valence-electron chi connectivity index (χ1n) is 19.4. The molecule has 1 aromatic heterocycles. The molecule has 3 nitrogen and oxygen atoms in total. The Morgan fingerprint density at radius 3 is 1.47 bits per heavy atom. The number of hydrogen-bond acceptors (Lipinski definition) is 3. The molecule has 0 unspecified atom stereocenters. The van der Waals surface area contributed by atoms with Crippen molar-refractivity contribution in [3.05, 3.63) is 218 Å². The van der Waals surface area contributed by atoms with Gasteiger partial charge < -0.3 is 14.2 Å². The van der Waals surface area contributed by atoms with Gasteiger partial charge in [0.25, 0.3) is 0 Å². The van der Waals surface area contributed by atoms with Gasteiger partial charge in [0, 0.05) is 28.1 Å². The van der Waals surface area contributed by atoms with E-state index in [0.29, 0.717) is 0 Å². The highest BCUT2D eigenvalue weighted by Crippen LogP contribution is 2.52. The van der Waals surface area contributed by atoms with Crippen LogP contribution in [-0.2, 0) is 0 Å². The molecule has 0 N–H and O–H groups in total. The second-order valence-electron chi connectivity index (χ2n) is 14.6. The largest absolute Gasteiger partial charge is 0.456 e. The highest BCUT2D eigenvalue weighted by molar-refractivity contribution is 6.20. The van der Waals surface area contributed by atoms with Gasteiger partial charge in [-0.15, -0.1) is 0 Å². The number of nitrogens with zero attached hydrogens (tertiary/aromatic N) is 2. The second kappa shape index (κ2) is 13.6. The predicted octanol–water partition coefficient (Wildman–Crippen LogP) is 15.7. The van der Waals surface area contributed by atoms with Crippen molar-refractivity contribution >= 4 is 88.4 Å². The van der Waals surface area contributed by atoms with Gasteiger partial charge in [0.1, 0.15) is 11.2 Å².